The van der Waals surface area contributed by atoms with Gasteiger partial charge in [0.25, 0.3) is 0 Å². The lowest BCUT2D eigenvalue weighted by Gasteiger charge is -2.24. The van der Waals surface area contributed by atoms with Crippen LogP contribution in [0.1, 0.15) is 316 Å². The van der Waals surface area contributed by atoms with Gasteiger partial charge in [0.1, 0.15) is 6.10 Å². The molecule has 1 amide bonds. The van der Waals surface area contributed by atoms with Gasteiger partial charge in [0.2, 0.25) is 5.91 Å². The first-order chi connectivity index (χ1) is 31.0. The fourth-order valence-electron chi connectivity index (χ4n) is 9.02. The van der Waals surface area contributed by atoms with E-state index in [-0.39, 0.29) is 24.9 Å². The summed E-state index contributed by atoms with van der Waals surface area (Å²) in [7, 11) is 0. The molecule has 0 aliphatic carbocycles. The maximum Gasteiger partial charge on any atom is 0.306 e. The average Bonchev–Trinajstić information content (AvgIpc) is 3.28. The van der Waals surface area contributed by atoms with E-state index in [1.54, 1.807) is 0 Å². The molecule has 0 aromatic carbocycles. The Morgan fingerprint density at radius 1 is 0.444 bits per heavy atom. The number of ether oxygens (including phenoxy) is 1. The number of esters is 1. The molecule has 0 rings (SSSR count). The molecule has 6 nitrogen and oxygen atoms in total. The minimum atomic E-state index is -0.782. The van der Waals surface area contributed by atoms with Gasteiger partial charge in [-0.2, -0.15) is 0 Å². The Morgan fingerprint density at radius 3 is 1.13 bits per heavy atom. The number of aliphatic hydroxyl groups excluding tert-OH is 2. The summed E-state index contributed by atoms with van der Waals surface area (Å²) in [6, 6.07) is -0.696. The van der Waals surface area contributed by atoms with Gasteiger partial charge in [-0.25, -0.2) is 0 Å². The van der Waals surface area contributed by atoms with Crippen molar-refractivity contribution in [2.75, 3.05) is 6.61 Å². The molecule has 0 aromatic heterocycles. The summed E-state index contributed by atoms with van der Waals surface area (Å²) in [4.78, 5) is 26.2. The third-order valence-corrected chi connectivity index (χ3v) is 13.3. The number of carbonyl (C=O) groups excluding carboxylic acids is 2. The van der Waals surface area contributed by atoms with Crippen molar-refractivity contribution in [2.24, 2.45) is 0 Å². The van der Waals surface area contributed by atoms with E-state index in [0.29, 0.717) is 19.3 Å². The number of hydrogen-bond donors (Lipinski definition) is 3. The smallest absolute Gasteiger partial charge is 0.306 e. The van der Waals surface area contributed by atoms with Gasteiger partial charge in [-0.05, 0) is 51.4 Å². The standard InChI is InChI=1S/C57H111NO5/c1-4-7-10-13-16-19-22-25-27-28-30-32-35-38-41-44-47-50-57(62)63-53(48-45-42-39-36-33-31-29-26-23-20-17-14-11-8-5-2)51-56(61)58-54(52-59)55(60)49-46-43-40-37-34-24-21-18-15-12-9-6-3/h25,27,53-55,59-60H,4-24,26,28-52H2,1-3H3,(H,58,61)/b27-25+. The number of carbonyl (C=O) groups is 2. The Balaban J connectivity index is 4.51. The number of aliphatic hydroxyl groups is 2. The Bertz CT molecular complexity index is 955. The first kappa shape index (κ1) is 61.6. The van der Waals surface area contributed by atoms with Crippen molar-refractivity contribution < 1.29 is 24.5 Å². The van der Waals surface area contributed by atoms with Crippen molar-refractivity contribution in [1.29, 1.82) is 0 Å². The van der Waals surface area contributed by atoms with E-state index in [0.717, 1.165) is 44.9 Å². The first-order valence-electron chi connectivity index (χ1n) is 28.4. The maximum absolute atomic E-state index is 13.2. The van der Waals surface area contributed by atoms with E-state index in [2.05, 4.69) is 38.2 Å². The summed E-state index contributed by atoms with van der Waals surface area (Å²) in [5.74, 6) is -0.456. The second-order valence-corrected chi connectivity index (χ2v) is 19.7. The molecule has 0 saturated heterocycles. The zero-order valence-corrected chi connectivity index (χ0v) is 42.7. The first-order valence-corrected chi connectivity index (χ1v) is 28.4. The molecule has 0 fully saturated rings. The van der Waals surface area contributed by atoms with Crippen LogP contribution >= 0.6 is 0 Å². The topological polar surface area (TPSA) is 95.9 Å². The highest BCUT2D eigenvalue weighted by Crippen LogP contribution is 2.19. The molecule has 0 aliphatic rings. The lowest BCUT2D eigenvalue weighted by atomic mass is 10.0. The van der Waals surface area contributed by atoms with E-state index in [1.807, 2.05) is 0 Å². The summed E-state index contributed by atoms with van der Waals surface area (Å²) in [5.41, 5.74) is 0. The van der Waals surface area contributed by atoms with Crippen LogP contribution in [-0.4, -0.2) is 46.9 Å². The molecule has 63 heavy (non-hydrogen) atoms. The fourth-order valence-corrected chi connectivity index (χ4v) is 9.02. The molecule has 6 heteroatoms. The van der Waals surface area contributed by atoms with Crippen LogP contribution < -0.4 is 5.32 Å². The SMILES string of the molecule is CCCCCCCC/C=C/CCCCCCCCCC(=O)OC(CCCCCCCCCCCCCCCCC)CC(=O)NC(CO)C(O)CCCCCCCCCCCCCC. The van der Waals surface area contributed by atoms with Crippen LogP contribution in [0.3, 0.4) is 0 Å². The van der Waals surface area contributed by atoms with Crippen molar-refractivity contribution in [3.63, 3.8) is 0 Å². The van der Waals surface area contributed by atoms with Crippen LogP contribution in [0.15, 0.2) is 12.2 Å². The van der Waals surface area contributed by atoms with Crippen LogP contribution in [0.25, 0.3) is 0 Å². The summed E-state index contributed by atoms with van der Waals surface area (Å²) >= 11 is 0. The van der Waals surface area contributed by atoms with Crippen LogP contribution in [0.5, 0.6) is 0 Å². The van der Waals surface area contributed by atoms with Gasteiger partial charge in [-0.15, -0.1) is 0 Å². The molecule has 3 unspecified atom stereocenters. The molecular formula is C57H111NO5. The lowest BCUT2D eigenvalue weighted by Crippen LogP contribution is -2.46. The van der Waals surface area contributed by atoms with E-state index in [9.17, 15) is 19.8 Å². The van der Waals surface area contributed by atoms with Crippen LogP contribution in [-0.2, 0) is 14.3 Å². The summed E-state index contributed by atoms with van der Waals surface area (Å²) in [6.07, 6.45) is 58.4. The predicted molar refractivity (Wildman–Crippen MR) is 273 cm³/mol. The van der Waals surface area contributed by atoms with Gasteiger partial charge in [-0.1, -0.05) is 264 Å². The second kappa shape index (κ2) is 51.6. The summed E-state index contributed by atoms with van der Waals surface area (Å²) < 4.78 is 5.96. The molecule has 0 radical (unpaired) electrons. The Kier molecular flexibility index (Phi) is 50.4. The molecule has 0 heterocycles. The highest BCUT2D eigenvalue weighted by atomic mass is 16.5. The second-order valence-electron chi connectivity index (χ2n) is 19.7. The maximum atomic E-state index is 13.2. The van der Waals surface area contributed by atoms with Crippen molar-refractivity contribution >= 4 is 11.9 Å². The van der Waals surface area contributed by atoms with Gasteiger partial charge in [0.15, 0.2) is 0 Å². The van der Waals surface area contributed by atoms with E-state index in [4.69, 9.17) is 4.74 Å². The van der Waals surface area contributed by atoms with E-state index >= 15 is 0 Å². The predicted octanol–water partition coefficient (Wildman–Crippen LogP) is 17.3. The minimum Gasteiger partial charge on any atom is -0.462 e. The zero-order valence-electron chi connectivity index (χ0n) is 42.7. The molecule has 0 aromatic rings. The third kappa shape index (κ3) is 46.9. The van der Waals surface area contributed by atoms with Crippen LogP contribution in [0.4, 0.5) is 0 Å². The highest BCUT2D eigenvalue weighted by molar-refractivity contribution is 5.77. The lowest BCUT2D eigenvalue weighted by molar-refractivity contribution is -0.151. The number of nitrogens with one attached hydrogen (secondary N) is 1. The van der Waals surface area contributed by atoms with Gasteiger partial charge in [-0.3, -0.25) is 9.59 Å². The molecule has 0 aliphatic heterocycles. The highest BCUT2D eigenvalue weighted by Gasteiger charge is 2.24. The zero-order chi connectivity index (χ0) is 45.9. The number of rotatable bonds is 52. The number of amides is 1. The van der Waals surface area contributed by atoms with Gasteiger partial charge < -0.3 is 20.3 Å². The van der Waals surface area contributed by atoms with Crippen LogP contribution in [0.2, 0.25) is 0 Å². The number of hydrogen-bond acceptors (Lipinski definition) is 5. The monoisotopic (exact) mass is 890 g/mol. The third-order valence-electron chi connectivity index (χ3n) is 13.3. The van der Waals surface area contributed by atoms with Crippen molar-refractivity contribution in [3.8, 4) is 0 Å². The van der Waals surface area contributed by atoms with Crippen molar-refractivity contribution in [1.82, 2.24) is 5.32 Å². The quantitative estimate of drug-likeness (QED) is 0.0321. The Hall–Kier alpha value is -1.40. The van der Waals surface area contributed by atoms with Gasteiger partial charge in [0, 0.05) is 6.42 Å². The minimum absolute atomic E-state index is 0.0837. The number of allylic oxidation sites excluding steroid dienone is 2. The average molecular weight is 891 g/mol. The van der Waals surface area contributed by atoms with Gasteiger partial charge >= 0.3 is 5.97 Å². The molecule has 0 saturated carbocycles. The van der Waals surface area contributed by atoms with Gasteiger partial charge in [0.05, 0.1) is 25.2 Å². The van der Waals surface area contributed by atoms with E-state index in [1.165, 1.54) is 225 Å². The Labute approximate surface area is 393 Å². The van der Waals surface area contributed by atoms with E-state index < -0.39 is 18.2 Å². The molecule has 3 atom stereocenters. The molecular weight excluding hydrogens is 779 g/mol. The molecule has 3 N–H and O–H groups in total. The Morgan fingerprint density at radius 2 is 0.762 bits per heavy atom. The van der Waals surface area contributed by atoms with Crippen molar-refractivity contribution in [3.05, 3.63) is 12.2 Å². The van der Waals surface area contributed by atoms with Crippen LogP contribution in [0, 0.1) is 0 Å². The normalized spacial score (nSPS) is 13.2. The largest absolute Gasteiger partial charge is 0.462 e. The summed E-state index contributed by atoms with van der Waals surface area (Å²) in [6.45, 7) is 6.51. The summed E-state index contributed by atoms with van der Waals surface area (Å²) in [5, 5.41) is 23.8. The van der Waals surface area contributed by atoms with Crippen molar-refractivity contribution in [2.45, 2.75) is 334 Å². The molecule has 0 spiro atoms. The molecule has 0 bridgehead atoms. The number of unbranched alkanes of at least 4 members (excludes halogenated alkanes) is 38. The molecule has 374 valence electrons. The fraction of sp³-hybridized carbons (Fsp3) is 0.930.